The third-order valence-corrected chi connectivity index (χ3v) is 5.63. The van der Waals surface area contributed by atoms with E-state index in [0.717, 1.165) is 19.4 Å². The molecule has 108 valence electrons. The molecule has 1 saturated heterocycles. The van der Waals surface area contributed by atoms with Crippen molar-refractivity contribution >= 4 is 10.0 Å². The predicted molar refractivity (Wildman–Crippen MR) is 76.6 cm³/mol. The molecule has 1 aromatic carbocycles. The maximum atomic E-state index is 12.5. The van der Waals surface area contributed by atoms with Gasteiger partial charge in [0.05, 0.1) is 16.5 Å². The molecule has 1 heterocycles. The average molecular weight is 293 g/mol. The van der Waals surface area contributed by atoms with Crippen LogP contribution in [-0.2, 0) is 10.0 Å². The molecule has 2 rings (SSSR count). The van der Waals surface area contributed by atoms with Crippen molar-refractivity contribution in [1.29, 1.82) is 5.26 Å². The molecule has 1 atom stereocenters. The lowest BCUT2D eigenvalue weighted by Crippen LogP contribution is -2.39. The van der Waals surface area contributed by atoms with Gasteiger partial charge in [0.15, 0.2) is 0 Å². The lowest BCUT2D eigenvalue weighted by Gasteiger charge is -2.25. The van der Waals surface area contributed by atoms with Crippen LogP contribution in [0.4, 0.5) is 0 Å². The number of rotatable bonds is 4. The summed E-state index contributed by atoms with van der Waals surface area (Å²) in [5.74, 6) is 0. The van der Waals surface area contributed by atoms with Crippen LogP contribution in [0.1, 0.15) is 18.4 Å². The van der Waals surface area contributed by atoms with Gasteiger partial charge in [-0.05, 0) is 44.6 Å². The van der Waals surface area contributed by atoms with E-state index in [1.54, 1.807) is 19.2 Å². The third-order valence-electron chi connectivity index (χ3n) is 3.81. The summed E-state index contributed by atoms with van der Waals surface area (Å²) in [5.41, 5.74) is 0.359. The molecule has 0 aliphatic carbocycles. The summed E-state index contributed by atoms with van der Waals surface area (Å²) in [4.78, 5) is 2.37. The number of sulfonamides is 1. The van der Waals surface area contributed by atoms with E-state index in [1.165, 1.54) is 16.4 Å². The summed E-state index contributed by atoms with van der Waals surface area (Å²) in [6.45, 7) is 1.50. The van der Waals surface area contributed by atoms with Gasteiger partial charge in [0, 0.05) is 19.6 Å². The Morgan fingerprint density at radius 3 is 2.85 bits per heavy atom. The van der Waals surface area contributed by atoms with E-state index < -0.39 is 10.0 Å². The van der Waals surface area contributed by atoms with Gasteiger partial charge in [0.1, 0.15) is 0 Å². The lowest BCUT2D eigenvalue weighted by atomic mass is 10.2. The first-order valence-electron chi connectivity index (χ1n) is 6.62. The second-order valence-corrected chi connectivity index (χ2v) is 7.25. The molecule has 20 heavy (non-hydrogen) atoms. The Hall–Kier alpha value is -1.42. The molecule has 0 bridgehead atoms. The molecule has 0 radical (unpaired) electrons. The van der Waals surface area contributed by atoms with Crippen molar-refractivity contribution < 1.29 is 8.42 Å². The van der Waals surface area contributed by atoms with E-state index in [0.29, 0.717) is 12.1 Å². The fourth-order valence-electron chi connectivity index (χ4n) is 2.51. The van der Waals surface area contributed by atoms with Gasteiger partial charge >= 0.3 is 0 Å². The van der Waals surface area contributed by atoms with Gasteiger partial charge in [-0.15, -0.1) is 0 Å². The highest BCUT2D eigenvalue weighted by molar-refractivity contribution is 7.89. The van der Waals surface area contributed by atoms with Crippen molar-refractivity contribution in [1.82, 2.24) is 9.21 Å². The zero-order valence-electron chi connectivity index (χ0n) is 11.8. The van der Waals surface area contributed by atoms with E-state index in [-0.39, 0.29) is 10.9 Å². The van der Waals surface area contributed by atoms with Crippen LogP contribution in [0.25, 0.3) is 0 Å². The molecule has 5 nitrogen and oxygen atoms in total. The molecule has 1 aliphatic rings. The van der Waals surface area contributed by atoms with Gasteiger partial charge in [-0.1, -0.05) is 6.07 Å². The largest absolute Gasteiger partial charge is 0.302 e. The molecule has 6 heteroatoms. The van der Waals surface area contributed by atoms with Gasteiger partial charge in [-0.3, -0.25) is 0 Å². The molecule has 0 aromatic heterocycles. The lowest BCUT2D eigenvalue weighted by molar-refractivity contribution is 0.271. The summed E-state index contributed by atoms with van der Waals surface area (Å²) >= 11 is 0. The predicted octanol–water partition coefficient (Wildman–Crippen LogP) is 1.27. The molecule has 1 unspecified atom stereocenters. The van der Waals surface area contributed by atoms with Crippen LogP contribution in [0.3, 0.4) is 0 Å². The van der Waals surface area contributed by atoms with E-state index in [1.807, 2.05) is 13.1 Å². The fourth-order valence-corrected chi connectivity index (χ4v) is 3.77. The highest BCUT2D eigenvalue weighted by Gasteiger charge is 2.28. The Bertz CT molecular complexity index is 622. The monoisotopic (exact) mass is 293 g/mol. The number of hydrogen-bond acceptors (Lipinski definition) is 4. The minimum absolute atomic E-state index is 0.180. The van der Waals surface area contributed by atoms with Crippen molar-refractivity contribution in [2.75, 3.05) is 27.2 Å². The SMILES string of the molecule is CN1CCCC1CN(C)S(=O)(=O)c1cccc(C#N)c1. The maximum Gasteiger partial charge on any atom is 0.242 e. The van der Waals surface area contributed by atoms with Crippen molar-refractivity contribution in [3.05, 3.63) is 29.8 Å². The molecule has 0 spiro atoms. The molecular weight excluding hydrogens is 274 g/mol. The van der Waals surface area contributed by atoms with Gasteiger partial charge in [-0.2, -0.15) is 9.57 Å². The molecular formula is C14H19N3O2S. The summed E-state index contributed by atoms with van der Waals surface area (Å²) in [6.07, 6.45) is 2.13. The number of likely N-dealkylation sites (tertiary alicyclic amines) is 1. The minimum Gasteiger partial charge on any atom is -0.302 e. The Balaban J connectivity index is 2.18. The van der Waals surface area contributed by atoms with Crippen molar-refractivity contribution in [3.63, 3.8) is 0 Å². The standard InChI is InChI=1S/C14H19N3O2S/c1-16-8-4-6-13(16)11-17(2)20(18,19)14-7-3-5-12(9-14)10-15/h3,5,7,9,13H,4,6,8,11H2,1-2H3. The van der Waals surface area contributed by atoms with Crippen LogP contribution in [0, 0.1) is 11.3 Å². The van der Waals surface area contributed by atoms with Crippen LogP contribution < -0.4 is 0 Å². The summed E-state index contributed by atoms with van der Waals surface area (Å²) in [5, 5.41) is 8.87. The van der Waals surface area contributed by atoms with Crippen LogP contribution in [0.5, 0.6) is 0 Å². The Morgan fingerprint density at radius 2 is 2.25 bits per heavy atom. The van der Waals surface area contributed by atoms with Crippen LogP contribution in [0.2, 0.25) is 0 Å². The number of nitriles is 1. The molecule has 1 aliphatic heterocycles. The first-order valence-corrected chi connectivity index (χ1v) is 8.06. The Morgan fingerprint density at radius 1 is 1.50 bits per heavy atom. The Kier molecular flexibility index (Phi) is 4.43. The minimum atomic E-state index is -3.53. The van der Waals surface area contributed by atoms with Crippen LogP contribution >= 0.6 is 0 Å². The van der Waals surface area contributed by atoms with E-state index >= 15 is 0 Å². The third kappa shape index (κ3) is 3.01. The number of benzene rings is 1. The molecule has 1 aromatic rings. The highest BCUT2D eigenvalue weighted by atomic mass is 32.2. The smallest absolute Gasteiger partial charge is 0.242 e. The molecule has 0 N–H and O–H groups in total. The van der Waals surface area contributed by atoms with E-state index in [9.17, 15) is 8.42 Å². The van der Waals surface area contributed by atoms with Crippen molar-refractivity contribution in [2.45, 2.75) is 23.8 Å². The second kappa shape index (κ2) is 5.92. The quantitative estimate of drug-likeness (QED) is 0.838. The zero-order chi connectivity index (χ0) is 14.8. The topological polar surface area (TPSA) is 64.4 Å². The van der Waals surface area contributed by atoms with Crippen LogP contribution in [-0.4, -0.2) is 50.8 Å². The first kappa shape index (κ1) is 15.0. The van der Waals surface area contributed by atoms with Gasteiger partial charge < -0.3 is 4.90 Å². The summed E-state index contributed by atoms with van der Waals surface area (Å²) in [7, 11) is 0.0931. The van der Waals surface area contributed by atoms with E-state index in [4.69, 9.17) is 5.26 Å². The van der Waals surface area contributed by atoms with Gasteiger partial charge in [0.2, 0.25) is 10.0 Å². The molecule has 1 fully saturated rings. The van der Waals surface area contributed by atoms with Gasteiger partial charge in [-0.25, -0.2) is 8.42 Å². The summed E-state index contributed by atoms with van der Waals surface area (Å²) < 4.78 is 26.4. The first-order chi connectivity index (χ1) is 9.45. The second-order valence-electron chi connectivity index (χ2n) is 5.20. The van der Waals surface area contributed by atoms with Crippen molar-refractivity contribution in [2.24, 2.45) is 0 Å². The van der Waals surface area contributed by atoms with Crippen molar-refractivity contribution in [3.8, 4) is 6.07 Å². The van der Waals surface area contributed by atoms with Gasteiger partial charge in [0.25, 0.3) is 0 Å². The average Bonchev–Trinajstić information content (AvgIpc) is 2.84. The normalized spacial score (nSPS) is 20.2. The number of nitrogens with zero attached hydrogens (tertiary/aromatic N) is 3. The fraction of sp³-hybridized carbons (Fsp3) is 0.500. The summed E-state index contributed by atoms with van der Waals surface area (Å²) in [6, 6.07) is 8.39. The number of likely N-dealkylation sites (N-methyl/N-ethyl adjacent to an activating group) is 2. The van der Waals surface area contributed by atoms with E-state index in [2.05, 4.69) is 4.90 Å². The number of hydrogen-bond donors (Lipinski definition) is 0. The zero-order valence-corrected chi connectivity index (χ0v) is 12.6. The molecule has 0 saturated carbocycles. The van der Waals surface area contributed by atoms with Crippen LogP contribution in [0.15, 0.2) is 29.2 Å². The maximum absolute atomic E-state index is 12.5. The Labute approximate surface area is 120 Å². The highest BCUT2D eigenvalue weighted by Crippen LogP contribution is 2.20. The molecule has 0 amide bonds.